The number of amides is 3. The number of nitrogens with zero attached hydrogens (tertiary/aromatic N) is 1. The minimum atomic E-state index is -0.937. The minimum absolute atomic E-state index is 0.148. The molecule has 1 atom stereocenters. The Morgan fingerprint density at radius 2 is 1.83 bits per heavy atom. The fourth-order valence-corrected chi connectivity index (χ4v) is 3.51. The summed E-state index contributed by atoms with van der Waals surface area (Å²) in [4.78, 5) is 26.5. The van der Waals surface area contributed by atoms with Crippen LogP contribution in [0, 0.1) is 5.82 Å². The Kier molecular flexibility index (Phi) is 2.98. The fraction of sp³-hybridized carbons (Fsp3) is 0.222. The van der Waals surface area contributed by atoms with Gasteiger partial charge in [-0.05, 0) is 41.7 Å². The molecule has 2 aromatic carbocycles. The summed E-state index contributed by atoms with van der Waals surface area (Å²) in [6.07, 6.45) is 1.35. The summed E-state index contributed by atoms with van der Waals surface area (Å²) >= 11 is 0. The maximum absolute atomic E-state index is 13.0. The van der Waals surface area contributed by atoms with Crippen LogP contribution < -0.4 is 5.32 Å². The zero-order valence-corrected chi connectivity index (χ0v) is 12.4. The van der Waals surface area contributed by atoms with Gasteiger partial charge in [0.15, 0.2) is 0 Å². The molecule has 0 unspecified atom stereocenters. The Labute approximate surface area is 132 Å². The van der Waals surface area contributed by atoms with E-state index >= 15 is 0 Å². The average Bonchev–Trinajstić information content (AvgIpc) is 3.04. The lowest BCUT2D eigenvalue weighted by Crippen LogP contribution is -2.41. The van der Waals surface area contributed by atoms with Crippen molar-refractivity contribution in [2.24, 2.45) is 0 Å². The van der Waals surface area contributed by atoms with Crippen molar-refractivity contribution < 1.29 is 14.0 Å². The van der Waals surface area contributed by atoms with Gasteiger partial charge >= 0.3 is 6.03 Å². The van der Waals surface area contributed by atoms with E-state index in [1.807, 2.05) is 24.3 Å². The molecule has 1 N–H and O–H groups in total. The maximum atomic E-state index is 13.0. The van der Waals surface area contributed by atoms with Crippen LogP contribution in [-0.2, 0) is 23.3 Å². The molecule has 1 aliphatic carbocycles. The summed E-state index contributed by atoms with van der Waals surface area (Å²) in [5.41, 5.74) is 1.77. The van der Waals surface area contributed by atoms with E-state index in [1.54, 1.807) is 12.1 Å². The number of hydrogen-bond acceptors (Lipinski definition) is 2. The summed E-state index contributed by atoms with van der Waals surface area (Å²) in [7, 11) is 0. The molecule has 2 aromatic rings. The van der Waals surface area contributed by atoms with Gasteiger partial charge in [-0.2, -0.15) is 0 Å². The maximum Gasteiger partial charge on any atom is 0.325 e. The molecular formula is C18H15FN2O2. The van der Waals surface area contributed by atoms with E-state index in [0.29, 0.717) is 6.42 Å². The molecule has 1 aliphatic heterocycles. The second-order valence-corrected chi connectivity index (χ2v) is 6.01. The first-order valence-electron chi connectivity index (χ1n) is 7.57. The third-order valence-corrected chi connectivity index (χ3v) is 4.68. The van der Waals surface area contributed by atoms with Crippen LogP contribution in [0.15, 0.2) is 48.5 Å². The molecule has 1 fully saturated rings. The number of aryl methyl sites for hydroxylation is 1. The Balaban J connectivity index is 1.66. The number of imide groups is 1. The van der Waals surface area contributed by atoms with Crippen molar-refractivity contribution in [3.63, 3.8) is 0 Å². The molecule has 1 spiro atoms. The standard InChI is InChI=1S/C18H15FN2O2/c19-14-7-5-12(6-8-14)11-21-16(22)18(20-17(21)23)10-9-13-3-1-2-4-15(13)18/h1-8H,9-11H2,(H,20,23)/t18-/m0/s1. The SMILES string of the molecule is O=C1N[C@]2(CCc3ccccc32)C(=O)N1Cc1ccc(F)cc1. The van der Waals surface area contributed by atoms with E-state index in [4.69, 9.17) is 0 Å². The van der Waals surface area contributed by atoms with Gasteiger partial charge in [-0.3, -0.25) is 9.69 Å². The Bertz CT molecular complexity index is 803. The Morgan fingerprint density at radius 1 is 1.09 bits per heavy atom. The molecule has 2 aliphatic rings. The minimum Gasteiger partial charge on any atom is -0.319 e. The molecular weight excluding hydrogens is 295 g/mol. The lowest BCUT2D eigenvalue weighted by atomic mass is 9.92. The summed E-state index contributed by atoms with van der Waals surface area (Å²) in [5, 5.41) is 2.88. The highest BCUT2D eigenvalue weighted by Gasteiger charge is 2.55. The number of carbonyl (C=O) groups excluding carboxylic acids is 2. The van der Waals surface area contributed by atoms with Crippen LogP contribution in [0.5, 0.6) is 0 Å². The van der Waals surface area contributed by atoms with Crippen LogP contribution >= 0.6 is 0 Å². The number of urea groups is 1. The largest absolute Gasteiger partial charge is 0.325 e. The predicted octanol–water partition coefficient (Wildman–Crippen LogP) is 2.72. The van der Waals surface area contributed by atoms with Crippen molar-refractivity contribution in [2.45, 2.75) is 24.9 Å². The molecule has 23 heavy (non-hydrogen) atoms. The zero-order valence-electron chi connectivity index (χ0n) is 12.4. The van der Waals surface area contributed by atoms with Crippen molar-refractivity contribution in [3.8, 4) is 0 Å². The summed E-state index contributed by atoms with van der Waals surface area (Å²) < 4.78 is 13.0. The summed E-state index contributed by atoms with van der Waals surface area (Å²) in [6, 6.07) is 13.2. The molecule has 0 bridgehead atoms. The molecule has 5 heteroatoms. The fourth-order valence-electron chi connectivity index (χ4n) is 3.51. The Morgan fingerprint density at radius 3 is 2.61 bits per heavy atom. The second kappa shape index (κ2) is 4.91. The number of fused-ring (bicyclic) bond motifs is 2. The molecule has 0 saturated carbocycles. The third kappa shape index (κ3) is 2.04. The van der Waals surface area contributed by atoms with Gasteiger partial charge in [0.25, 0.3) is 5.91 Å². The van der Waals surface area contributed by atoms with Crippen LogP contribution in [0.2, 0.25) is 0 Å². The van der Waals surface area contributed by atoms with Crippen molar-refractivity contribution in [1.29, 1.82) is 0 Å². The summed E-state index contributed by atoms with van der Waals surface area (Å²) in [6.45, 7) is 0.148. The average molecular weight is 310 g/mol. The highest BCUT2D eigenvalue weighted by Crippen LogP contribution is 2.41. The topological polar surface area (TPSA) is 49.4 Å². The first-order chi connectivity index (χ1) is 11.1. The van der Waals surface area contributed by atoms with E-state index in [-0.39, 0.29) is 18.3 Å². The lowest BCUT2D eigenvalue weighted by Gasteiger charge is -2.22. The first kappa shape index (κ1) is 13.9. The predicted molar refractivity (Wildman–Crippen MR) is 81.9 cm³/mol. The van der Waals surface area contributed by atoms with Gasteiger partial charge < -0.3 is 5.32 Å². The monoisotopic (exact) mass is 310 g/mol. The quantitative estimate of drug-likeness (QED) is 0.867. The van der Waals surface area contributed by atoms with Crippen LogP contribution in [0.3, 0.4) is 0 Å². The van der Waals surface area contributed by atoms with Gasteiger partial charge in [0.05, 0.1) is 6.54 Å². The zero-order chi connectivity index (χ0) is 16.0. The molecule has 0 radical (unpaired) electrons. The number of rotatable bonds is 2. The van der Waals surface area contributed by atoms with E-state index in [1.165, 1.54) is 17.0 Å². The van der Waals surface area contributed by atoms with Crippen molar-refractivity contribution in [1.82, 2.24) is 10.2 Å². The molecule has 1 saturated heterocycles. The van der Waals surface area contributed by atoms with Crippen LogP contribution in [0.1, 0.15) is 23.1 Å². The molecule has 4 rings (SSSR count). The van der Waals surface area contributed by atoms with Gasteiger partial charge in [-0.25, -0.2) is 9.18 Å². The van der Waals surface area contributed by atoms with Gasteiger partial charge in [0.1, 0.15) is 11.4 Å². The van der Waals surface area contributed by atoms with Crippen molar-refractivity contribution in [2.75, 3.05) is 0 Å². The van der Waals surface area contributed by atoms with Gasteiger partial charge in [-0.15, -0.1) is 0 Å². The smallest absolute Gasteiger partial charge is 0.319 e. The summed E-state index contributed by atoms with van der Waals surface area (Å²) in [5.74, 6) is -0.566. The van der Waals surface area contributed by atoms with E-state index < -0.39 is 11.6 Å². The molecule has 1 heterocycles. The number of hydrogen-bond donors (Lipinski definition) is 1. The van der Waals surface area contributed by atoms with Gasteiger partial charge in [0.2, 0.25) is 0 Å². The van der Waals surface area contributed by atoms with Crippen molar-refractivity contribution in [3.05, 3.63) is 71.0 Å². The molecule has 3 amide bonds. The normalized spacial score (nSPS) is 22.6. The Hall–Kier alpha value is -2.69. The highest BCUT2D eigenvalue weighted by atomic mass is 19.1. The van der Waals surface area contributed by atoms with E-state index in [0.717, 1.165) is 23.1 Å². The van der Waals surface area contributed by atoms with Crippen LogP contribution in [0.25, 0.3) is 0 Å². The number of carbonyl (C=O) groups is 2. The second-order valence-electron chi connectivity index (χ2n) is 6.01. The number of halogens is 1. The third-order valence-electron chi connectivity index (χ3n) is 4.68. The van der Waals surface area contributed by atoms with Crippen LogP contribution in [0.4, 0.5) is 9.18 Å². The van der Waals surface area contributed by atoms with Gasteiger partial charge in [-0.1, -0.05) is 36.4 Å². The number of benzene rings is 2. The molecule has 116 valence electrons. The first-order valence-corrected chi connectivity index (χ1v) is 7.57. The van der Waals surface area contributed by atoms with E-state index in [9.17, 15) is 14.0 Å². The number of nitrogens with one attached hydrogen (secondary N) is 1. The molecule has 0 aromatic heterocycles. The van der Waals surface area contributed by atoms with E-state index in [2.05, 4.69) is 5.32 Å². The highest BCUT2D eigenvalue weighted by molar-refractivity contribution is 6.08. The van der Waals surface area contributed by atoms with Crippen LogP contribution in [-0.4, -0.2) is 16.8 Å². The van der Waals surface area contributed by atoms with Gasteiger partial charge in [0, 0.05) is 0 Å². The van der Waals surface area contributed by atoms with Crippen molar-refractivity contribution >= 4 is 11.9 Å². The molecule has 4 nitrogen and oxygen atoms in total. The lowest BCUT2D eigenvalue weighted by molar-refractivity contribution is -0.132.